The number of hydrogen-bond donors (Lipinski definition) is 0. The monoisotopic (exact) mass is 222 g/mol. The van der Waals surface area contributed by atoms with Gasteiger partial charge in [-0.05, 0) is 43.6 Å². The molecule has 0 aromatic heterocycles. The second-order valence-electron chi connectivity index (χ2n) is 4.86. The molecular weight excluding hydrogens is 204 g/mol. The van der Waals surface area contributed by atoms with Crippen LogP contribution in [0.25, 0.3) is 0 Å². The van der Waals surface area contributed by atoms with Gasteiger partial charge in [-0.15, -0.1) is 0 Å². The molecule has 2 aliphatic rings. The van der Waals surface area contributed by atoms with Crippen LogP contribution < -0.4 is 0 Å². The minimum atomic E-state index is 0.826. The molecule has 1 unspecified atom stereocenters. The molecule has 0 heterocycles. The Morgan fingerprint density at radius 1 is 1.13 bits per heavy atom. The lowest BCUT2D eigenvalue weighted by Crippen LogP contribution is -2.00. The lowest BCUT2D eigenvalue weighted by atomic mass is 9.91. The van der Waals surface area contributed by atoms with E-state index in [9.17, 15) is 0 Å². The van der Waals surface area contributed by atoms with Crippen LogP contribution in [0.2, 0.25) is 0 Å². The number of hydrogen-bond acceptors (Lipinski definition) is 0. The maximum absolute atomic E-state index is 6.08. The minimum absolute atomic E-state index is 0.826. The summed E-state index contributed by atoms with van der Waals surface area (Å²) in [6, 6.07) is 0. The molecule has 0 N–H and O–H groups in total. The molecule has 2 atom stereocenters. The zero-order valence-electron chi connectivity index (χ0n) is 9.38. The first kappa shape index (κ1) is 11.0. The fourth-order valence-corrected chi connectivity index (χ4v) is 2.82. The van der Waals surface area contributed by atoms with Gasteiger partial charge in [0.15, 0.2) is 0 Å². The van der Waals surface area contributed by atoms with Crippen molar-refractivity contribution in [3.05, 3.63) is 34.9 Å². The summed E-state index contributed by atoms with van der Waals surface area (Å²) in [4.78, 5) is 0. The highest BCUT2D eigenvalue weighted by molar-refractivity contribution is 6.29. The van der Waals surface area contributed by atoms with Gasteiger partial charge in [0.2, 0.25) is 0 Å². The molecule has 0 bridgehead atoms. The van der Waals surface area contributed by atoms with Crippen LogP contribution in [0.15, 0.2) is 34.9 Å². The summed E-state index contributed by atoms with van der Waals surface area (Å²) >= 11 is 6.08. The first-order valence-electron chi connectivity index (χ1n) is 5.97. The fourth-order valence-electron chi connectivity index (χ4n) is 2.65. The largest absolute Gasteiger partial charge is 0.0891 e. The molecule has 1 saturated carbocycles. The van der Waals surface area contributed by atoms with E-state index in [1.165, 1.54) is 19.3 Å². The molecule has 2 rings (SSSR count). The third kappa shape index (κ3) is 2.98. The fraction of sp³-hybridized carbons (Fsp3) is 0.571. The minimum Gasteiger partial charge on any atom is -0.0891 e. The van der Waals surface area contributed by atoms with Crippen LogP contribution in [0.1, 0.15) is 39.0 Å². The Kier molecular flexibility index (Phi) is 3.69. The zero-order valence-corrected chi connectivity index (χ0v) is 10.1. The summed E-state index contributed by atoms with van der Waals surface area (Å²) in [6.45, 7) is 2.37. The predicted octanol–water partition coefficient (Wildman–Crippen LogP) is 4.82. The molecule has 1 fully saturated rings. The topological polar surface area (TPSA) is 0 Å². The molecule has 0 saturated heterocycles. The average Bonchev–Trinajstić information content (AvgIpc) is 2.59. The maximum Gasteiger partial charge on any atom is 0.0184 e. The van der Waals surface area contributed by atoms with Gasteiger partial charge in [0.05, 0.1) is 0 Å². The van der Waals surface area contributed by atoms with Crippen molar-refractivity contribution in [2.75, 3.05) is 0 Å². The Bertz CT molecular complexity index is 309. The number of halogens is 1. The Balaban J connectivity index is 2.04. The van der Waals surface area contributed by atoms with Crippen molar-refractivity contribution in [3.8, 4) is 0 Å². The Morgan fingerprint density at radius 3 is 2.67 bits per heavy atom. The number of rotatable bonds is 1. The summed E-state index contributed by atoms with van der Waals surface area (Å²) in [7, 11) is 0. The molecule has 2 aliphatic carbocycles. The van der Waals surface area contributed by atoms with Gasteiger partial charge in [-0.2, -0.15) is 0 Å². The van der Waals surface area contributed by atoms with Crippen LogP contribution in [-0.4, -0.2) is 0 Å². The lowest BCUT2D eigenvalue weighted by Gasteiger charge is -2.15. The van der Waals surface area contributed by atoms with Crippen LogP contribution >= 0.6 is 11.6 Å². The highest BCUT2D eigenvalue weighted by atomic mass is 35.5. The van der Waals surface area contributed by atoms with Crippen molar-refractivity contribution in [2.45, 2.75) is 39.0 Å². The van der Waals surface area contributed by atoms with Crippen molar-refractivity contribution in [3.63, 3.8) is 0 Å². The van der Waals surface area contributed by atoms with Crippen molar-refractivity contribution in [2.24, 2.45) is 11.8 Å². The van der Waals surface area contributed by atoms with Crippen LogP contribution in [0.4, 0.5) is 0 Å². The Hall–Kier alpha value is -0.490. The van der Waals surface area contributed by atoms with E-state index in [1.54, 1.807) is 5.57 Å². The smallest absolute Gasteiger partial charge is 0.0184 e. The van der Waals surface area contributed by atoms with Crippen molar-refractivity contribution >= 4 is 11.6 Å². The van der Waals surface area contributed by atoms with E-state index in [2.05, 4.69) is 25.2 Å². The molecule has 0 spiro atoms. The highest BCUT2D eigenvalue weighted by Gasteiger charge is 2.24. The van der Waals surface area contributed by atoms with Gasteiger partial charge < -0.3 is 0 Å². The Labute approximate surface area is 97.7 Å². The van der Waals surface area contributed by atoms with Crippen molar-refractivity contribution in [1.82, 2.24) is 0 Å². The van der Waals surface area contributed by atoms with E-state index in [4.69, 9.17) is 11.6 Å². The molecule has 82 valence electrons. The second-order valence-corrected chi connectivity index (χ2v) is 5.34. The van der Waals surface area contributed by atoms with E-state index in [0.29, 0.717) is 0 Å². The number of allylic oxidation sites excluding steroid dienone is 6. The molecule has 0 aromatic rings. The standard InChI is InChI=1S/C14H19Cl/c1-11-6-7-13(10-11)12-4-2-3-5-14(15)9-8-12/h2-5,11,13H,6-10H2,1H3/b3-2-,12-4-,14-5+/t11-,13?/m1/s1. The van der Waals surface area contributed by atoms with Crippen molar-refractivity contribution in [1.29, 1.82) is 0 Å². The summed E-state index contributed by atoms with van der Waals surface area (Å²) < 4.78 is 0. The van der Waals surface area contributed by atoms with Crippen LogP contribution in [-0.2, 0) is 0 Å². The van der Waals surface area contributed by atoms with Crippen LogP contribution in [0.5, 0.6) is 0 Å². The molecule has 0 aromatic carbocycles. The zero-order chi connectivity index (χ0) is 10.7. The summed E-state index contributed by atoms with van der Waals surface area (Å²) in [5, 5.41) is 0.989. The van der Waals surface area contributed by atoms with Gasteiger partial charge in [-0.25, -0.2) is 0 Å². The second kappa shape index (κ2) is 5.03. The molecule has 0 amide bonds. The van der Waals surface area contributed by atoms with Gasteiger partial charge in [0.1, 0.15) is 0 Å². The normalized spacial score (nSPS) is 40.9. The third-order valence-corrected chi connectivity index (χ3v) is 3.89. The molecule has 0 radical (unpaired) electrons. The summed E-state index contributed by atoms with van der Waals surface area (Å²) in [5.41, 5.74) is 1.61. The van der Waals surface area contributed by atoms with E-state index in [0.717, 1.165) is 29.7 Å². The van der Waals surface area contributed by atoms with E-state index >= 15 is 0 Å². The first-order valence-corrected chi connectivity index (χ1v) is 6.35. The van der Waals surface area contributed by atoms with Gasteiger partial charge >= 0.3 is 0 Å². The maximum atomic E-state index is 6.08. The van der Waals surface area contributed by atoms with E-state index in [-0.39, 0.29) is 0 Å². The predicted molar refractivity (Wildman–Crippen MR) is 66.9 cm³/mol. The van der Waals surface area contributed by atoms with E-state index < -0.39 is 0 Å². The van der Waals surface area contributed by atoms with Gasteiger partial charge in [0.25, 0.3) is 0 Å². The highest BCUT2D eigenvalue weighted by Crippen LogP contribution is 2.37. The van der Waals surface area contributed by atoms with E-state index in [1.807, 2.05) is 6.08 Å². The molecule has 1 heteroatoms. The quantitative estimate of drug-likeness (QED) is 0.597. The summed E-state index contributed by atoms with van der Waals surface area (Å²) in [6.07, 6.45) is 14.8. The van der Waals surface area contributed by atoms with Crippen LogP contribution in [0, 0.1) is 11.8 Å². The Morgan fingerprint density at radius 2 is 1.93 bits per heavy atom. The van der Waals surface area contributed by atoms with Crippen molar-refractivity contribution < 1.29 is 0 Å². The van der Waals surface area contributed by atoms with Crippen LogP contribution in [0.3, 0.4) is 0 Å². The molecule has 15 heavy (non-hydrogen) atoms. The van der Waals surface area contributed by atoms with Gasteiger partial charge in [0, 0.05) is 5.03 Å². The molecular formula is C14H19Cl. The summed E-state index contributed by atoms with van der Waals surface area (Å²) in [5.74, 6) is 1.74. The molecule has 0 nitrogen and oxygen atoms in total. The molecule has 0 aliphatic heterocycles. The third-order valence-electron chi connectivity index (χ3n) is 3.57. The van der Waals surface area contributed by atoms with Gasteiger partial charge in [-0.1, -0.05) is 48.7 Å². The average molecular weight is 223 g/mol. The SMILES string of the molecule is C[C@@H]1CCC(\C2=C/C=C\C=C(\Cl)CC2)C1. The lowest BCUT2D eigenvalue weighted by molar-refractivity contribution is 0.559. The first-order chi connectivity index (χ1) is 7.25. The van der Waals surface area contributed by atoms with Gasteiger partial charge in [-0.3, -0.25) is 0 Å².